The minimum absolute atomic E-state index is 0.136. The van der Waals surface area contributed by atoms with E-state index in [2.05, 4.69) is 11.3 Å². The Bertz CT molecular complexity index is 672. The molecule has 0 spiro atoms. The van der Waals surface area contributed by atoms with Crippen molar-refractivity contribution in [1.82, 2.24) is 4.72 Å². The summed E-state index contributed by atoms with van der Waals surface area (Å²) in [5, 5.41) is 0. The fourth-order valence-corrected chi connectivity index (χ4v) is 5.18. The maximum absolute atomic E-state index is 12.7. The first-order chi connectivity index (χ1) is 11.4. The molecule has 0 aromatic rings. The van der Waals surface area contributed by atoms with Crippen molar-refractivity contribution in [3.8, 4) is 0 Å². The van der Waals surface area contributed by atoms with Crippen LogP contribution in [0.15, 0.2) is 12.7 Å². The number of nitrogens with one attached hydrogen (secondary N) is 1. The van der Waals surface area contributed by atoms with E-state index >= 15 is 0 Å². The summed E-state index contributed by atoms with van der Waals surface area (Å²) in [5.74, 6) is -1.32. The van der Waals surface area contributed by atoms with Crippen LogP contribution in [0, 0.1) is 11.3 Å². The lowest BCUT2D eigenvalue weighted by Gasteiger charge is -2.23. The van der Waals surface area contributed by atoms with Gasteiger partial charge in [0.1, 0.15) is 5.60 Å². The van der Waals surface area contributed by atoms with Gasteiger partial charge in [-0.3, -0.25) is 14.3 Å². The van der Waals surface area contributed by atoms with Gasteiger partial charge < -0.3 is 4.74 Å². The zero-order valence-corrected chi connectivity index (χ0v) is 16.4. The van der Waals surface area contributed by atoms with E-state index in [1.54, 1.807) is 26.8 Å². The number of hydrogen-bond donors (Lipinski definition) is 1. The van der Waals surface area contributed by atoms with Gasteiger partial charge >= 0.3 is 5.97 Å². The Morgan fingerprint density at radius 2 is 1.92 bits per heavy atom. The van der Waals surface area contributed by atoms with Gasteiger partial charge in [-0.1, -0.05) is 19.4 Å². The highest BCUT2D eigenvalue weighted by molar-refractivity contribution is 7.91. The van der Waals surface area contributed by atoms with E-state index in [1.807, 2.05) is 6.92 Å². The maximum atomic E-state index is 12.7. The van der Waals surface area contributed by atoms with Crippen LogP contribution >= 0.6 is 0 Å². The SMILES string of the molecule is C=C[C@@H]1C[C@]1(CC(=O)OC(C)(C)C)C(=O)NS(=O)(=O)C1(CCC)CC1. The predicted octanol–water partition coefficient (Wildman–Crippen LogP) is 2.69. The summed E-state index contributed by atoms with van der Waals surface area (Å²) in [4.78, 5) is 24.9. The highest BCUT2D eigenvalue weighted by Crippen LogP contribution is 2.57. The van der Waals surface area contributed by atoms with E-state index < -0.39 is 37.7 Å². The molecule has 2 saturated carbocycles. The van der Waals surface area contributed by atoms with Crippen LogP contribution in [0.25, 0.3) is 0 Å². The van der Waals surface area contributed by atoms with Crippen molar-refractivity contribution >= 4 is 21.9 Å². The minimum atomic E-state index is -3.74. The van der Waals surface area contributed by atoms with E-state index in [9.17, 15) is 18.0 Å². The Morgan fingerprint density at radius 3 is 2.32 bits per heavy atom. The molecule has 0 aromatic heterocycles. The second kappa shape index (κ2) is 6.41. The quantitative estimate of drug-likeness (QED) is 0.523. The lowest BCUT2D eigenvalue weighted by molar-refractivity contribution is -0.158. The first-order valence-corrected chi connectivity index (χ1v) is 10.3. The van der Waals surface area contributed by atoms with Crippen LogP contribution in [0.1, 0.15) is 66.2 Å². The number of rotatable bonds is 8. The van der Waals surface area contributed by atoms with Gasteiger partial charge in [0.15, 0.2) is 0 Å². The van der Waals surface area contributed by atoms with Crippen molar-refractivity contribution in [3.05, 3.63) is 12.7 Å². The number of carbonyl (C=O) groups excluding carboxylic acids is 2. The summed E-state index contributed by atoms with van der Waals surface area (Å²) < 4.78 is 32.0. The van der Waals surface area contributed by atoms with Crippen molar-refractivity contribution in [3.63, 3.8) is 0 Å². The second-order valence-corrected chi connectivity index (χ2v) is 10.4. The second-order valence-electron chi connectivity index (χ2n) is 8.33. The van der Waals surface area contributed by atoms with Crippen LogP contribution in [0.2, 0.25) is 0 Å². The Morgan fingerprint density at radius 1 is 1.32 bits per heavy atom. The summed E-state index contributed by atoms with van der Waals surface area (Å²) >= 11 is 0. The molecule has 2 aliphatic carbocycles. The van der Waals surface area contributed by atoms with Gasteiger partial charge in [-0.25, -0.2) is 8.42 Å². The number of hydrogen-bond acceptors (Lipinski definition) is 5. The van der Waals surface area contributed by atoms with Crippen LogP contribution in [-0.2, 0) is 24.3 Å². The average Bonchev–Trinajstić information content (AvgIpc) is 3.32. The molecule has 6 nitrogen and oxygen atoms in total. The third-order valence-electron chi connectivity index (χ3n) is 5.06. The van der Waals surface area contributed by atoms with E-state index in [1.165, 1.54) is 0 Å². The van der Waals surface area contributed by atoms with E-state index in [0.717, 1.165) is 6.42 Å². The fourth-order valence-electron chi connectivity index (χ4n) is 3.40. The van der Waals surface area contributed by atoms with Gasteiger partial charge in [0.25, 0.3) is 0 Å². The number of ether oxygens (including phenoxy) is 1. The van der Waals surface area contributed by atoms with Gasteiger partial charge in [0, 0.05) is 0 Å². The molecule has 0 bridgehead atoms. The molecule has 0 aliphatic heterocycles. The third-order valence-corrected chi connectivity index (χ3v) is 7.27. The normalized spacial score (nSPS) is 27.3. The first kappa shape index (κ1) is 19.9. The molecule has 2 fully saturated rings. The third kappa shape index (κ3) is 4.07. The zero-order chi connectivity index (χ0) is 19.1. The largest absolute Gasteiger partial charge is 0.460 e. The van der Waals surface area contributed by atoms with E-state index in [4.69, 9.17) is 4.74 Å². The molecule has 0 saturated heterocycles. The van der Waals surface area contributed by atoms with Crippen molar-refractivity contribution in [2.75, 3.05) is 0 Å². The Balaban J connectivity index is 2.11. The molecular weight excluding hydrogens is 342 g/mol. The van der Waals surface area contributed by atoms with Crippen LogP contribution in [0.4, 0.5) is 0 Å². The van der Waals surface area contributed by atoms with Crippen LogP contribution in [0.3, 0.4) is 0 Å². The highest BCUT2D eigenvalue weighted by Gasteiger charge is 2.62. The molecule has 2 aliphatic rings. The molecule has 0 radical (unpaired) electrons. The van der Waals surface area contributed by atoms with Crippen molar-refractivity contribution in [2.45, 2.75) is 76.6 Å². The summed E-state index contributed by atoms with van der Waals surface area (Å²) in [5.41, 5.74) is -1.71. The Kier molecular flexibility index (Phi) is 5.12. The molecule has 1 N–H and O–H groups in total. The van der Waals surface area contributed by atoms with Crippen molar-refractivity contribution in [2.24, 2.45) is 11.3 Å². The summed E-state index contributed by atoms with van der Waals surface area (Å²) in [6.07, 6.45) is 4.32. The van der Waals surface area contributed by atoms with Gasteiger partial charge in [-0.15, -0.1) is 6.58 Å². The van der Waals surface area contributed by atoms with Crippen molar-refractivity contribution in [1.29, 1.82) is 0 Å². The smallest absolute Gasteiger partial charge is 0.307 e. The minimum Gasteiger partial charge on any atom is -0.460 e. The number of amides is 1. The molecule has 142 valence electrons. The van der Waals surface area contributed by atoms with Gasteiger partial charge in [-0.2, -0.15) is 0 Å². The van der Waals surface area contributed by atoms with Crippen molar-refractivity contribution < 1.29 is 22.7 Å². The molecule has 25 heavy (non-hydrogen) atoms. The van der Waals surface area contributed by atoms with Crippen LogP contribution in [0.5, 0.6) is 0 Å². The molecule has 0 unspecified atom stereocenters. The van der Waals surface area contributed by atoms with Crippen LogP contribution in [-0.4, -0.2) is 30.6 Å². The van der Waals surface area contributed by atoms with Gasteiger partial charge in [0.05, 0.1) is 16.6 Å². The first-order valence-electron chi connectivity index (χ1n) is 8.83. The standard InChI is InChI=1S/C18H29NO5S/c1-6-8-17(9-10-17)25(22,23)19-15(21)18(11-13(18)7-2)12-14(20)24-16(3,4)5/h7,13H,2,6,8-12H2,1,3-5H3,(H,19,21)/t13-,18-/m1/s1. The van der Waals surface area contributed by atoms with Gasteiger partial charge in [0.2, 0.25) is 15.9 Å². The molecule has 7 heteroatoms. The zero-order valence-electron chi connectivity index (χ0n) is 15.6. The molecular formula is C18H29NO5S. The van der Waals surface area contributed by atoms with Crippen LogP contribution < -0.4 is 4.72 Å². The molecule has 2 atom stereocenters. The average molecular weight is 371 g/mol. The number of carbonyl (C=O) groups is 2. The number of allylic oxidation sites excluding steroid dienone is 1. The maximum Gasteiger partial charge on any atom is 0.307 e. The fraction of sp³-hybridized carbons (Fsp3) is 0.778. The molecule has 2 rings (SSSR count). The Hall–Kier alpha value is -1.37. The lowest BCUT2D eigenvalue weighted by atomic mass is 9.98. The monoisotopic (exact) mass is 371 g/mol. The number of esters is 1. The summed E-state index contributed by atoms with van der Waals surface area (Å²) in [7, 11) is -3.74. The summed E-state index contributed by atoms with van der Waals surface area (Å²) in [6.45, 7) is 10.9. The summed E-state index contributed by atoms with van der Waals surface area (Å²) in [6, 6.07) is 0. The number of sulfonamides is 1. The molecule has 0 aromatic carbocycles. The predicted molar refractivity (Wildman–Crippen MR) is 95.1 cm³/mol. The molecule has 1 amide bonds. The lowest BCUT2D eigenvalue weighted by Crippen LogP contribution is -2.44. The molecule has 0 heterocycles. The van der Waals surface area contributed by atoms with Gasteiger partial charge in [-0.05, 0) is 52.4 Å². The Labute approximate surface area is 150 Å². The highest BCUT2D eigenvalue weighted by atomic mass is 32.2. The topological polar surface area (TPSA) is 89.5 Å². The van der Waals surface area contributed by atoms with E-state index in [-0.39, 0.29) is 12.3 Å². The van der Waals surface area contributed by atoms with E-state index in [0.29, 0.717) is 25.7 Å².